The van der Waals surface area contributed by atoms with E-state index in [0.717, 1.165) is 38.5 Å². The van der Waals surface area contributed by atoms with Crippen molar-refractivity contribution >= 4 is 17.6 Å². The highest BCUT2D eigenvalue weighted by atomic mass is 16.5. The van der Waals surface area contributed by atoms with Crippen molar-refractivity contribution in [3.63, 3.8) is 0 Å². The molecule has 170 valence electrons. The summed E-state index contributed by atoms with van der Waals surface area (Å²) in [6.45, 7) is 11.1. The van der Waals surface area contributed by atoms with Crippen LogP contribution in [0.1, 0.15) is 89.9 Å². The van der Waals surface area contributed by atoms with Gasteiger partial charge >= 0.3 is 5.97 Å². The molecule has 1 atom stereocenters. The smallest absolute Gasteiger partial charge is 0.341 e. The molecular formula is C24H39NO5. The Morgan fingerprint density at radius 3 is 2.33 bits per heavy atom. The van der Waals surface area contributed by atoms with Gasteiger partial charge in [-0.25, -0.2) is 4.79 Å². The molecule has 0 fully saturated rings. The summed E-state index contributed by atoms with van der Waals surface area (Å²) in [6.07, 6.45) is 6.43. The molecule has 1 amide bonds. The topological polar surface area (TPSA) is 73.9 Å². The molecule has 0 saturated heterocycles. The third kappa shape index (κ3) is 8.34. The highest BCUT2D eigenvalue weighted by Gasteiger charge is 2.33. The maximum Gasteiger partial charge on any atom is 0.341 e. The van der Waals surface area contributed by atoms with Crippen molar-refractivity contribution < 1.29 is 23.8 Å². The molecule has 0 aliphatic carbocycles. The Labute approximate surface area is 181 Å². The van der Waals surface area contributed by atoms with Gasteiger partial charge < -0.3 is 19.5 Å². The molecule has 0 saturated carbocycles. The van der Waals surface area contributed by atoms with Crippen molar-refractivity contribution in [3.05, 3.63) is 23.8 Å². The Morgan fingerprint density at radius 2 is 1.70 bits per heavy atom. The van der Waals surface area contributed by atoms with Gasteiger partial charge in [-0.3, -0.25) is 4.79 Å². The summed E-state index contributed by atoms with van der Waals surface area (Å²) in [7, 11) is 0. The molecule has 0 radical (unpaired) electrons. The first-order valence-electron chi connectivity index (χ1n) is 11.3. The van der Waals surface area contributed by atoms with Gasteiger partial charge in [0.15, 0.2) is 0 Å². The van der Waals surface area contributed by atoms with Gasteiger partial charge in [0.2, 0.25) is 0 Å². The van der Waals surface area contributed by atoms with Crippen LogP contribution in [0, 0.1) is 0 Å². The van der Waals surface area contributed by atoms with Gasteiger partial charge in [0.25, 0.3) is 5.91 Å². The number of rotatable bonds is 15. The molecule has 1 rings (SSSR count). The Hall–Kier alpha value is -2.08. The summed E-state index contributed by atoms with van der Waals surface area (Å²) in [5, 5.41) is 2.92. The number of esters is 1. The number of benzene rings is 1. The SMILES string of the molecule is CCCCCC(C)(OCCC)C(=O)Nc1ccc(OCCCC)c(C(=O)OCC)c1. The van der Waals surface area contributed by atoms with Crippen molar-refractivity contribution in [1.29, 1.82) is 0 Å². The zero-order chi connectivity index (χ0) is 22.4. The molecule has 0 aliphatic heterocycles. The van der Waals surface area contributed by atoms with E-state index in [4.69, 9.17) is 14.2 Å². The highest BCUT2D eigenvalue weighted by molar-refractivity contribution is 5.99. The number of hydrogen-bond donors (Lipinski definition) is 1. The minimum absolute atomic E-state index is 0.207. The summed E-state index contributed by atoms with van der Waals surface area (Å²) in [5.41, 5.74) is -0.0772. The van der Waals surface area contributed by atoms with Gasteiger partial charge in [0.1, 0.15) is 16.9 Å². The molecule has 6 heteroatoms. The van der Waals surface area contributed by atoms with Crippen LogP contribution in [0.3, 0.4) is 0 Å². The minimum atomic E-state index is -0.911. The summed E-state index contributed by atoms with van der Waals surface area (Å²) >= 11 is 0. The van der Waals surface area contributed by atoms with E-state index in [2.05, 4.69) is 19.2 Å². The second kappa shape index (κ2) is 14.0. The van der Waals surface area contributed by atoms with Gasteiger partial charge in [-0.15, -0.1) is 0 Å². The van der Waals surface area contributed by atoms with Crippen molar-refractivity contribution in [2.45, 2.75) is 85.2 Å². The molecule has 1 N–H and O–H groups in total. The second-order valence-electron chi connectivity index (χ2n) is 7.62. The third-order valence-corrected chi connectivity index (χ3v) is 4.85. The Kier molecular flexibility index (Phi) is 12.1. The van der Waals surface area contributed by atoms with Gasteiger partial charge in [-0.05, 0) is 51.3 Å². The lowest BCUT2D eigenvalue weighted by molar-refractivity contribution is -0.140. The lowest BCUT2D eigenvalue weighted by Crippen LogP contribution is -2.43. The van der Waals surface area contributed by atoms with E-state index in [9.17, 15) is 9.59 Å². The predicted molar refractivity (Wildman–Crippen MR) is 120 cm³/mol. The van der Waals surface area contributed by atoms with Gasteiger partial charge in [-0.2, -0.15) is 0 Å². The number of anilines is 1. The van der Waals surface area contributed by atoms with Gasteiger partial charge in [0, 0.05) is 12.3 Å². The van der Waals surface area contributed by atoms with Crippen LogP contribution in [0.4, 0.5) is 5.69 Å². The molecular weight excluding hydrogens is 382 g/mol. The summed E-state index contributed by atoms with van der Waals surface area (Å²) in [5.74, 6) is -0.206. The van der Waals surface area contributed by atoms with Gasteiger partial charge in [-0.1, -0.05) is 46.5 Å². The van der Waals surface area contributed by atoms with E-state index in [1.807, 2.05) is 13.8 Å². The quantitative estimate of drug-likeness (QED) is 0.288. The molecule has 0 aliphatic rings. The fourth-order valence-electron chi connectivity index (χ4n) is 2.98. The number of amides is 1. The second-order valence-corrected chi connectivity index (χ2v) is 7.62. The van der Waals surface area contributed by atoms with Crippen molar-refractivity contribution in [2.24, 2.45) is 0 Å². The first-order valence-corrected chi connectivity index (χ1v) is 11.3. The molecule has 0 heterocycles. The number of carbonyl (C=O) groups excluding carboxylic acids is 2. The number of carbonyl (C=O) groups is 2. The maximum absolute atomic E-state index is 13.1. The summed E-state index contributed by atoms with van der Waals surface area (Å²) in [4.78, 5) is 25.5. The Morgan fingerprint density at radius 1 is 0.967 bits per heavy atom. The van der Waals surface area contributed by atoms with Crippen LogP contribution in [0.25, 0.3) is 0 Å². The summed E-state index contributed by atoms with van der Waals surface area (Å²) in [6, 6.07) is 5.07. The Bertz CT molecular complexity index is 661. The molecule has 1 unspecified atom stereocenters. The standard InChI is InChI=1S/C24H39NO5/c1-6-10-12-15-24(5,30-16-8-3)23(27)25-19-13-14-21(29-17-11-7-2)20(18-19)22(26)28-9-4/h13-14,18H,6-12,15-17H2,1-5H3,(H,25,27). The van der Waals surface area contributed by atoms with E-state index in [-0.39, 0.29) is 12.5 Å². The third-order valence-electron chi connectivity index (χ3n) is 4.85. The van der Waals surface area contributed by atoms with E-state index in [1.165, 1.54) is 0 Å². The fraction of sp³-hybridized carbons (Fsp3) is 0.667. The minimum Gasteiger partial charge on any atom is -0.493 e. The predicted octanol–water partition coefficient (Wildman–Crippen LogP) is 5.75. The summed E-state index contributed by atoms with van der Waals surface area (Å²) < 4.78 is 16.9. The molecule has 1 aromatic rings. The van der Waals surface area contributed by atoms with E-state index in [0.29, 0.717) is 36.6 Å². The first-order chi connectivity index (χ1) is 14.4. The van der Waals surface area contributed by atoms with Crippen LogP contribution in [-0.2, 0) is 14.3 Å². The number of ether oxygens (including phenoxy) is 3. The largest absolute Gasteiger partial charge is 0.493 e. The Balaban J connectivity index is 3.03. The van der Waals surface area contributed by atoms with Crippen LogP contribution in [0.2, 0.25) is 0 Å². The maximum atomic E-state index is 13.1. The normalized spacial score (nSPS) is 12.8. The van der Waals surface area contributed by atoms with Gasteiger partial charge in [0.05, 0.1) is 13.2 Å². The number of unbranched alkanes of at least 4 members (excludes halogenated alkanes) is 3. The average molecular weight is 422 g/mol. The lowest BCUT2D eigenvalue weighted by atomic mass is 9.96. The van der Waals surface area contributed by atoms with E-state index < -0.39 is 11.6 Å². The molecule has 0 bridgehead atoms. The van der Waals surface area contributed by atoms with Crippen LogP contribution in [-0.4, -0.2) is 37.3 Å². The monoisotopic (exact) mass is 421 g/mol. The van der Waals surface area contributed by atoms with Crippen molar-refractivity contribution in [2.75, 3.05) is 25.1 Å². The zero-order valence-corrected chi connectivity index (χ0v) is 19.3. The molecule has 6 nitrogen and oxygen atoms in total. The van der Waals surface area contributed by atoms with E-state index >= 15 is 0 Å². The zero-order valence-electron chi connectivity index (χ0n) is 19.3. The van der Waals surface area contributed by atoms with Crippen LogP contribution in [0.15, 0.2) is 18.2 Å². The van der Waals surface area contributed by atoms with E-state index in [1.54, 1.807) is 25.1 Å². The number of nitrogens with one attached hydrogen (secondary N) is 1. The average Bonchev–Trinajstić information content (AvgIpc) is 2.73. The van der Waals surface area contributed by atoms with Crippen molar-refractivity contribution in [3.8, 4) is 5.75 Å². The molecule has 1 aromatic carbocycles. The number of hydrogen-bond acceptors (Lipinski definition) is 5. The lowest BCUT2D eigenvalue weighted by Gasteiger charge is -2.29. The first kappa shape index (κ1) is 26.0. The van der Waals surface area contributed by atoms with Crippen LogP contribution < -0.4 is 10.1 Å². The van der Waals surface area contributed by atoms with Crippen LogP contribution in [0.5, 0.6) is 5.75 Å². The molecule has 0 spiro atoms. The highest BCUT2D eigenvalue weighted by Crippen LogP contribution is 2.27. The van der Waals surface area contributed by atoms with Crippen LogP contribution >= 0.6 is 0 Å². The fourth-order valence-corrected chi connectivity index (χ4v) is 2.98. The molecule has 30 heavy (non-hydrogen) atoms. The van der Waals surface area contributed by atoms with Crippen molar-refractivity contribution in [1.82, 2.24) is 0 Å². The molecule has 0 aromatic heterocycles.